The van der Waals surface area contributed by atoms with E-state index in [4.69, 9.17) is 10.7 Å². The molecule has 4 aromatic carbocycles. The van der Waals surface area contributed by atoms with Gasteiger partial charge < -0.3 is 16.0 Å². The Balaban J connectivity index is 0.00000353. The number of rotatable bonds is 6. The Morgan fingerprint density at radius 1 is 0.905 bits per heavy atom. The highest BCUT2D eigenvalue weighted by molar-refractivity contribution is 7.12. The number of para-hydroxylation sites is 1. The first-order valence-corrected chi connectivity index (χ1v) is 14.6. The summed E-state index contributed by atoms with van der Waals surface area (Å²) in [6, 6.07) is 32.3. The molecule has 0 saturated heterocycles. The average molecular weight is 595 g/mol. The van der Waals surface area contributed by atoms with Crippen LogP contribution in [0.3, 0.4) is 0 Å². The standard InChI is InChI=1S/C34H30N4O2S.ClH/c1-2-28(35)33-37-31-27-14-8-9-15-29(27)38(21-20-30(31)41-33)34(40)23-16-18-24(19-17-23)36-32(39)26-13-7-6-12-25(26)22-10-4-3-5-11-22;/h3-19,28H,2,20-21,35H2,1H3,(H,36,39);1H. The lowest BCUT2D eigenvalue weighted by Crippen LogP contribution is -2.32. The van der Waals surface area contributed by atoms with Gasteiger partial charge in [0, 0.05) is 40.2 Å². The monoisotopic (exact) mass is 594 g/mol. The Morgan fingerprint density at radius 3 is 2.31 bits per heavy atom. The third kappa shape index (κ3) is 5.72. The van der Waals surface area contributed by atoms with E-state index in [2.05, 4.69) is 12.2 Å². The molecule has 1 atom stereocenters. The summed E-state index contributed by atoms with van der Waals surface area (Å²) in [7, 11) is 0. The number of carbonyl (C=O) groups excluding carboxylic acids is 2. The number of benzene rings is 4. The summed E-state index contributed by atoms with van der Waals surface area (Å²) in [5.74, 6) is -0.295. The maximum absolute atomic E-state index is 13.8. The number of carbonyl (C=O) groups is 2. The Kier molecular flexibility index (Phi) is 8.83. The number of nitrogens with one attached hydrogen (secondary N) is 1. The smallest absolute Gasteiger partial charge is 0.258 e. The molecule has 0 bridgehead atoms. The largest absolute Gasteiger partial charge is 0.322 e. The highest BCUT2D eigenvalue weighted by Gasteiger charge is 2.28. The number of nitrogens with zero attached hydrogens (tertiary/aromatic N) is 2. The maximum Gasteiger partial charge on any atom is 0.258 e. The molecule has 2 amide bonds. The number of anilines is 2. The van der Waals surface area contributed by atoms with Crippen LogP contribution >= 0.6 is 23.7 Å². The van der Waals surface area contributed by atoms with Crippen molar-refractivity contribution in [3.63, 3.8) is 0 Å². The summed E-state index contributed by atoms with van der Waals surface area (Å²) in [5, 5.41) is 3.93. The number of aromatic nitrogens is 1. The second-order valence-corrected chi connectivity index (χ2v) is 11.1. The van der Waals surface area contributed by atoms with Crippen molar-refractivity contribution in [2.75, 3.05) is 16.8 Å². The van der Waals surface area contributed by atoms with Crippen molar-refractivity contribution in [3.05, 3.63) is 124 Å². The van der Waals surface area contributed by atoms with Crippen LogP contribution in [0.5, 0.6) is 0 Å². The van der Waals surface area contributed by atoms with Crippen LogP contribution < -0.4 is 16.0 Å². The molecule has 3 N–H and O–H groups in total. The molecule has 2 heterocycles. The van der Waals surface area contributed by atoms with E-state index in [1.807, 2.05) is 83.8 Å². The lowest BCUT2D eigenvalue weighted by Gasteiger charge is -2.23. The lowest BCUT2D eigenvalue weighted by molar-refractivity contribution is 0.0986. The third-order valence-electron chi connectivity index (χ3n) is 7.37. The van der Waals surface area contributed by atoms with Crippen LogP contribution in [0.2, 0.25) is 0 Å². The van der Waals surface area contributed by atoms with Crippen LogP contribution in [0.25, 0.3) is 22.4 Å². The van der Waals surface area contributed by atoms with Gasteiger partial charge in [0.15, 0.2) is 0 Å². The molecular formula is C34H31ClN4O2S. The lowest BCUT2D eigenvalue weighted by atomic mass is 9.99. The predicted octanol–water partition coefficient (Wildman–Crippen LogP) is 7.76. The van der Waals surface area contributed by atoms with E-state index in [0.717, 1.165) is 44.4 Å². The van der Waals surface area contributed by atoms with Gasteiger partial charge in [0.05, 0.1) is 17.4 Å². The molecule has 5 aromatic rings. The summed E-state index contributed by atoms with van der Waals surface area (Å²) < 4.78 is 0. The van der Waals surface area contributed by atoms with Gasteiger partial charge in [-0.1, -0.05) is 73.7 Å². The molecule has 0 saturated carbocycles. The van der Waals surface area contributed by atoms with Crippen LogP contribution in [0.1, 0.15) is 50.0 Å². The quantitative estimate of drug-likeness (QED) is 0.210. The normalized spacial score (nSPS) is 12.8. The molecule has 0 fully saturated rings. The minimum Gasteiger partial charge on any atom is -0.322 e. The highest BCUT2D eigenvalue weighted by Crippen LogP contribution is 2.40. The van der Waals surface area contributed by atoms with Crippen molar-refractivity contribution in [2.24, 2.45) is 5.73 Å². The molecule has 6 nitrogen and oxygen atoms in total. The number of hydrogen-bond donors (Lipinski definition) is 2. The van der Waals surface area contributed by atoms with Gasteiger partial charge in [0.1, 0.15) is 5.01 Å². The average Bonchev–Trinajstić information content (AvgIpc) is 3.39. The molecule has 1 unspecified atom stereocenters. The molecule has 0 spiro atoms. The number of halogens is 1. The second-order valence-electron chi connectivity index (χ2n) is 10.0. The van der Waals surface area contributed by atoms with E-state index in [-0.39, 0.29) is 30.3 Å². The van der Waals surface area contributed by atoms with Gasteiger partial charge >= 0.3 is 0 Å². The van der Waals surface area contributed by atoms with Crippen molar-refractivity contribution in [1.82, 2.24) is 4.98 Å². The van der Waals surface area contributed by atoms with Crippen LogP contribution in [0.15, 0.2) is 103 Å². The predicted molar refractivity (Wildman–Crippen MR) is 174 cm³/mol. The van der Waals surface area contributed by atoms with Gasteiger partial charge in [0.25, 0.3) is 11.8 Å². The van der Waals surface area contributed by atoms with Gasteiger partial charge in [0.2, 0.25) is 0 Å². The van der Waals surface area contributed by atoms with Gasteiger partial charge in [-0.05, 0) is 53.9 Å². The first-order chi connectivity index (χ1) is 20.0. The number of fused-ring (bicyclic) bond motifs is 3. The number of nitrogens with two attached hydrogens (primary N) is 1. The number of amides is 2. The maximum atomic E-state index is 13.8. The molecule has 1 aliphatic heterocycles. The fourth-order valence-corrected chi connectivity index (χ4v) is 6.29. The zero-order chi connectivity index (χ0) is 28.3. The van der Waals surface area contributed by atoms with E-state index in [1.165, 1.54) is 0 Å². The number of hydrogen-bond acceptors (Lipinski definition) is 5. The van der Waals surface area contributed by atoms with Crippen LogP contribution in [0.4, 0.5) is 11.4 Å². The molecule has 42 heavy (non-hydrogen) atoms. The molecule has 1 aliphatic rings. The van der Waals surface area contributed by atoms with E-state index in [1.54, 1.807) is 35.6 Å². The van der Waals surface area contributed by atoms with Gasteiger partial charge in [-0.2, -0.15) is 0 Å². The summed E-state index contributed by atoms with van der Waals surface area (Å²) in [4.78, 5) is 34.9. The summed E-state index contributed by atoms with van der Waals surface area (Å²) in [6.45, 7) is 2.60. The van der Waals surface area contributed by atoms with Crippen LogP contribution in [-0.4, -0.2) is 23.3 Å². The Hall–Kier alpha value is -4.30. The van der Waals surface area contributed by atoms with E-state index in [0.29, 0.717) is 29.8 Å². The summed E-state index contributed by atoms with van der Waals surface area (Å²) in [6.07, 6.45) is 1.54. The Labute approximate surface area is 255 Å². The highest BCUT2D eigenvalue weighted by atomic mass is 35.5. The fourth-order valence-electron chi connectivity index (χ4n) is 5.14. The first kappa shape index (κ1) is 29.2. The van der Waals surface area contributed by atoms with Crippen molar-refractivity contribution < 1.29 is 9.59 Å². The molecule has 0 radical (unpaired) electrons. The SMILES string of the molecule is CCC(N)c1nc2c(s1)CCN(C(=O)c1ccc(NC(=O)c3ccccc3-c3ccccc3)cc1)c1ccccc1-2.Cl. The zero-order valence-electron chi connectivity index (χ0n) is 23.1. The van der Waals surface area contributed by atoms with Crippen LogP contribution in [-0.2, 0) is 6.42 Å². The fraction of sp³-hybridized carbons (Fsp3) is 0.147. The molecule has 0 aliphatic carbocycles. The van der Waals surface area contributed by atoms with Crippen molar-refractivity contribution in [3.8, 4) is 22.4 Å². The first-order valence-electron chi connectivity index (χ1n) is 13.8. The molecule has 6 rings (SSSR count). The molecule has 8 heteroatoms. The van der Waals surface area contributed by atoms with Crippen LogP contribution in [0, 0.1) is 0 Å². The molecule has 212 valence electrons. The van der Waals surface area contributed by atoms with Crippen molar-refractivity contribution >= 4 is 46.9 Å². The zero-order valence-corrected chi connectivity index (χ0v) is 24.8. The minimum absolute atomic E-state index is 0. The van der Waals surface area contributed by atoms with Crippen molar-refractivity contribution in [2.45, 2.75) is 25.8 Å². The molecule has 1 aromatic heterocycles. The second kappa shape index (κ2) is 12.7. The Bertz CT molecular complexity index is 1720. The topological polar surface area (TPSA) is 88.3 Å². The van der Waals surface area contributed by atoms with Gasteiger partial charge in [-0.3, -0.25) is 9.59 Å². The number of thiazole rings is 1. The minimum atomic E-state index is -0.203. The van der Waals surface area contributed by atoms with Crippen molar-refractivity contribution in [1.29, 1.82) is 0 Å². The van der Waals surface area contributed by atoms with Gasteiger partial charge in [-0.15, -0.1) is 23.7 Å². The van der Waals surface area contributed by atoms with E-state index in [9.17, 15) is 9.59 Å². The van der Waals surface area contributed by atoms with Gasteiger partial charge in [-0.25, -0.2) is 4.98 Å². The van der Waals surface area contributed by atoms with E-state index < -0.39 is 0 Å². The Morgan fingerprint density at radius 2 is 1.57 bits per heavy atom. The molecular weight excluding hydrogens is 564 g/mol. The van der Waals surface area contributed by atoms with E-state index >= 15 is 0 Å². The summed E-state index contributed by atoms with van der Waals surface area (Å²) in [5.41, 5.74) is 12.6. The summed E-state index contributed by atoms with van der Waals surface area (Å²) >= 11 is 1.65. The third-order valence-corrected chi connectivity index (χ3v) is 8.62.